The highest BCUT2D eigenvalue weighted by molar-refractivity contribution is 6.30. The highest BCUT2D eigenvalue weighted by Gasteiger charge is 2.31. The number of nitrogens with zero attached hydrogens (tertiary/aromatic N) is 2. The van der Waals surface area contributed by atoms with Gasteiger partial charge < -0.3 is 19.7 Å². The third-order valence-corrected chi connectivity index (χ3v) is 5.66. The minimum absolute atomic E-state index is 0.0300. The normalized spacial score (nSPS) is 19.7. The lowest BCUT2D eigenvalue weighted by molar-refractivity contribution is -0.117. The molecule has 2 saturated heterocycles. The summed E-state index contributed by atoms with van der Waals surface area (Å²) >= 11 is 5.91. The van der Waals surface area contributed by atoms with Crippen molar-refractivity contribution in [3.05, 3.63) is 53.2 Å². The van der Waals surface area contributed by atoms with E-state index in [0.717, 1.165) is 31.7 Å². The zero-order valence-electron chi connectivity index (χ0n) is 16.6. The lowest BCUT2D eigenvalue weighted by atomic mass is 10.0. The van der Waals surface area contributed by atoms with Gasteiger partial charge in [-0.3, -0.25) is 9.59 Å². The second-order valence-corrected chi connectivity index (χ2v) is 8.04. The lowest BCUT2D eigenvalue weighted by Gasteiger charge is -2.21. The number of hydrogen-bond donors (Lipinski definition) is 1. The molecule has 7 nitrogen and oxygen atoms in total. The Kier molecular flexibility index (Phi) is 6.50. The van der Waals surface area contributed by atoms with E-state index in [2.05, 4.69) is 10.3 Å². The van der Waals surface area contributed by atoms with Gasteiger partial charge in [0.2, 0.25) is 11.8 Å². The van der Waals surface area contributed by atoms with Crippen LogP contribution in [0.2, 0.25) is 5.02 Å². The van der Waals surface area contributed by atoms with Gasteiger partial charge in [0, 0.05) is 49.2 Å². The summed E-state index contributed by atoms with van der Waals surface area (Å²) in [7, 11) is 0. The molecule has 158 valence electrons. The number of carbonyl (C=O) groups excluding carboxylic acids is 2. The number of amides is 2. The summed E-state index contributed by atoms with van der Waals surface area (Å²) in [6.45, 7) is 2.58. The van der Waals surface area contributed by atoms with Crippen LogP contribution < -0.4 is 15.0 Å². The molecule has 4 rings (SSSR count). The molecule has 2 fully saturated rings. The molecule has 1 aromatic heterocycles. The van der Waals surface area contributed by atoms with Crippen LogP contribution in [0.15, 0.2) is 42.6 Å². The molecule has 2 aliphatic rings. The van der Waals surface area contributed by atoms with Crippen molar-refractivity contribution in [3.63, 3.8) is 0 Å². The van der Waals surface area contributed by atoms with Crippen LogP contribution >= 0.6 is 11.6 Å². The van der Waals surface area contributed by atoms with Crippen LogP contribution in [0.1, 0.15) is 29.6 Å². The molecular formula is C22H24ClN3O4. The summed E-state index contributed by atoms with van der Waals surface area (Å²) in [4.78, 5) is 30.8. The van der Waals surface area contributed by atoms with Gasteiger partial charge in [-0.2, -0.15) is 0 Å². The Balaban J connectivity index is 1.29. The number of pyridine rings is 1. The Morgan fingerprint density at radius 3 is 2.67 bits per heavy atom. The molecule has 0 saturated carbocycles. The Hall–Kier alpha value is -2.64. The Morgan fingerprint density at radius 2 is 1.97 bits per heavy atom. The predicted octanol–water partition coefficient (Wildman–Crippen LogP) is 3.08. The molecule has 0 aliphatic carbocycles. The van der Waals surface area contributed by atoms with Gasteiger partial charge in [0.25, 0.3) is 5.91 Å². The van der Waals surface area contributed by atoms with Crippen molar-refractivity contribution in [2.75, 3.05) is 31.3 Å². The van der Waals surface area contributed by atoms with Crippen LogP contribution in [0.3, 0.4) is 0 Å². The lowest BCUT2D eigenvalue weighted by Crippen LogP contribution is -2.37. The van der Waals surface area contributed by atoms with Crippen molar-refractivity contribution < 1.29 is 19.1 Å². The predicted molar refractivity (Wildman–Crippen MR) is 113 cm³/mol. The number of rotatable bonds is 6. The minimum atomic E-state index is -0.259. The smallest absolute Gasteiger partial charge is 0.253 e. The van der Waals surface area contributed by atoms with Crippen molar-refractivity contribution >= 4 is 29.1 Å². The Bertz CT molecular complexity index is 882. The summed E-state index contributed by atoms with van der Waals surface area (Å²) in [5, 5.41) is 3.53. The van der Waals surface area contributed by atoms with E-state index in [0.29, 0.717) is 35.5 Å². The van der Waals surface area contributed by atoms with Gasteiger partial charge in [-0.15, -0.1) is 0 Å². The maximum Gasteiger partial charge on any atom is 0.253 e. The molecule has 3 heterocycles. The van der Waals surface area contributed by atoms with Gasteiger partial charge in [0.15, 0.2) is 0 Å². The van der Waals surface area contributed by atoms with Gasteiger partial charge in [-0.25, -0.2) is 4.98 Å². The molecule has 2 aromatic rings. The van der Waals surface area contributed by atoms with E-state index < -0.39 is 0 Å². The fourth-order valence-corrected chi connectivity index (χ4v) is 3.79. The van der Waals surface area contributed by atoms with Gasteiger partial charge in [0.1, 0.15) is 0 Å². The molecule has 2 aliphatic heterocycles. The fraction of sp³-hybridized carbons (Fsp3) is 0.409. The van der Waals surface area contributed by atoms with Crippen LogP contribution in [-0.4, -0.2) is 49.2 Å². The van der Waals surface area contributed by atoms with E-state index in [1.54, 1.807) is 41.3 Å². The first-order chi connectivity index (χ1) is 14.6. The molecule has 1 aromatic carbocycles. The summed E-state index contributed by atoms with van der Waals surface area (Å²) in [5.41, 5.74) is 1.21. The average molecular weight is 430 g/mol. The first-order valence-electron chi connectivity index (χ1n) is 10.1. The maximum atomic E-state index is 12.6. The summed E-state index contributed by atoms with van der Waals surface area (Å²) in [5.74, 6) is 0.696. The molecule has 30 heavy (non-hydrogen) atoms. The number of aromatic nitrogens is 1. The van der Waals surface area contributed by atoms with Crippen molar-refractivity contribution in [1.82, 2.24) is 10.3 Å². The number of carbonyl (C=O) groups is 2. The summed E-state index contributed by atoms with van der Waals surface area (Å²) in [6.07, 6.45) is 3.75. The average Bonchev–Trinajstić information content (AvgIpc) is 3.13. The molecular weight excluding hydrogens is 406 g/mol. The summed E-state index contributed by atoms with van der Waals surface area (Å²) < 4.78 is 11.1. The topological polar surface area (TPSA) is 80.8 Å². The second kappa shape index (κ2) is 9.45. The molecule has 0 radical (unpaired) electrons. The first-order valence-corrected chi connectivity index (χ1v) is 10.5. The summed E-state index contributed by atoms with van der Waals surface area (Å²) in [6, 6.07) is 10.2. The number of ether oxygens (including phenoxy) is 2. The number of nitrogens with one attached hydrogen (secondary N) is 1. The molecule has 2 amide bonds. The highest BCUT2D eigenvalue weighted by atomic mass is 35.5. The van der Waals surface area contributed by atoms with Crippen LogP contribution in [0.25, 0.3) is 0 Å². The van der Waals surface area contributed by atoms with E-state index >= 15 is 0 Å². The van der Waals surface area contributed by atoms with Crippen LogP contribution in [-0.2, 0) is 9.53 Å². The van der Waals surface area contributed by atoms with E-state index in [9.17, 15) is 9.59 Å². The SMILES string of the molecule is O=C(N[C@@H]1CC(=O)N(c2ccc(Cl)cc2)C1)c1ccc(OCC2CCOCC2)nc1. The molecule has 0 bridgehead atoms. The molecule has 1 atom stereocenters. The Morgan fingerprint density at radius 1 is 1.20 bits per heavy atom. The quantitative estimate of drug-likeness (QED) is 0.763. The number of benzene rings is 1. The maximum absolute atomic E-state index is 12.6. The van der Waals surface area contributed by atoms with Crippen LogP contribution in [0, 0.1) is 5.92 Å². The third-order valence-electron chi connectivity index (χ3n) is 5.40. The largest absolute Gasteiger partial charge is 0.477 e. The second-order valence-electron chi connectivity index (χ2n) is 7.61. The molecule has 0 unspecified atom stereocenters. The van der Waals surface area contributed by atoms with Gasteiger partial charge >= 0.3 is 0 Å². The van der Waals surface area contributed by atoms with Gasteiger partial charge in [0.05, 0.1) is 18.2 Å². The van der Waals surface area contributed by atoms with Crippen molar-refractivity contribution in [2.24, 2.45) is 5.92 Å². The fourth-order valence-electron chi connectivity index (χ4n) is 3.66. The van der Waals surface area contributed by atoms with E-state index in [4.69, 9.17) is 21.1 Å². The zero-order chi connectivity index (χ0) is 20.9. The number of halogens is 1. The van der Waals surface area contributed by atoms with E-state index in [1.807, 2.05) is 0 Å². The molecule has 1 N–H and O–H groups in total. The minimum Gasteiger partial charge on any atom is -0.477 e. The standard InChI is InChI=1S/C22H24ClN3O4/c23-17-2-4-19(5-3-17)26-13-18(11-21(26)27)25-22(28)16-1-6-20(24-12-16)30-14-15-7-9-29-10-8-15/h1-6,12,15,18H,7-11,13-14H2,(H,25,28)/t18-/m1/s1. The number of anilines is 1. The third kappa shape index (κ3) is 5.09. The van der Waals surface area contributed by atoms with Crippen molar-refractivity contribution in [2.45, 2.75) is 25.3 Å². The van der Waals surface area contributed by atoms with Gasteiger partial charge in [-0.1, -0.05) is 11.6 Å². The first kappa shape index (κ1) is 20.6. The molecule has 0 spiro atoms. The van der Waals surface area contributed by atoms with Crippen molar-refractivity contribution in [3.8, 4) is 5.88 Å². The van der Waals surface area contributed by atoms with Gasteiger partial charge in [-0.05, 0) is 49.1 Å². The van der Waals surface area contributed by atoms with Crippen LogP contribution in [0.5, 0.6) is 5.88 Å². The van der Waals surface area contributed by atoms with E-state index in [-0.39, 0.29) is 24.3 Å². The zero-order valence-corrected chi connectivity index (χ0v) is 17.3. The van der Waals surface area contributed by atoms with E-state index in [1.165, 1.54) is 6.20 Å². The monoisotopic (exact) mass is 429 g/mol. The highest BCUT2D eigenvalue weighted by Crippen LogP contribution is 2.23. The molecule has 8 heteroatoms. The van der Waals surface area contributed by atoms with Crippen molar-refractivity contribution in [1.29, 1.82) is 0 Å². The number of hydrogen-bond acceptors (Lipinski definition) is 5. The Labute approximate surface area is 180 Å². The van der Waals surface area contributed by atoms with Crippen LogP contribution in [0.4, 0.5) is 5.69 Å².